The molecular formula is C6H5BrN2O3. The van der Waals surface area contributed by atoms with Crippen LogP contribution in [0.25, 0.3) is 0 Å². The maximum atomic E-state index is 10.5. The molecule has 0 N–H and O–H groups in total. The maximum absolute atomic E-state index is 10.5. The van der Waals surface area contributed by atoms with E-state index >= 15 is 0 Å². The maximum Gasteiger partial charge on any atom is 0.291 e. The third-order valence-electron chi connectivity index (χ3n) is 1.29. The SMILES string of the molecule is O=[N+]([O-])C(Br)c1cc[n+]([O-])cc1. The molecule has 0 fully saturated rings. The second-order valence-electron chi connectivity index (χ2n) is 2.11. The van der Waals surface area contributed by atoms with Crippen LogP contribution < -0.4 is 4.73 Å². The quantitative estimate of drug-likeness (QED) is 0.191. The van der Waals surface area contributed by atoms with E-state index < -0.39 is 9.87 Å². The van der Waals surface area contributed by atoms with Crippen LogP contribution >= 0.6 is 15.9 Å². The van der Waals surface area contributed by atoms with E-state index in [2.05, 4.69) is 15.9 Å². The van der Waals surface area contributed by atoms with Gasteiger partial charge in [-0.1, -0.05) is 0 Å². The van der Waals surface area contributed by atoms with Crippen LogP contribution in [0.15, 0.2) is 24.5 Å². The Morgan fingerprint density at radius 1 is 1.50 bits per heavy atom. The molecule has 1 aromatic heterocycles. The van der Waals surface area contributed by atoms with Gasteiger partial charge in [0.15, 0.2) is 12.4 Å². The summed E-state index contributed by atoms with van der Waals surface area (Å²) in [4.78, 5) is 8.83. The van der Waals surface area contributed by atoms with Crippen molar-refractivity contribution < 1.29 is 9.65 Å². The van der Waals surface area contributed by atoms with E-state index in [-0.39, 0.29) is 0 Å². The predicted octanol–water partition coefficient (Wildman–Crippen LogP) is 0.990. The highest BCUT2D eigenvalue weighted by atomic mass is 79.9. The molecule has 64 valence electrons. The molecule has 0 aliphatic heterocycles. The van der Waals surface area contributed by atoms with Gasteiger partial charge in [-0.2, -0.15) is 4.73 Å². The van der Waals surface area contributed by atoms with Gasteiger partial charge in [-0.05, 0) is 0 Å². The second kappa shape index (κ2) is 3.48. The van der Waals surface area contributed by atoms with Gasteiger partial charge in [0.05, 0.1) is 0 Å². The summed E-state index contributed by atoms with van der Waals surface area (Å²) in [5, 5.41) is 20.8. The Labute approximate surface area is 76.5 Å². The number of pyridine rings is 1. The van der Waals surface area contributed by atoms with Crippen molar-refractivity contribution in [2.24, 2.45) is 0 Å². The van der Waals surface area contributed by atoms with Gasteiger partial charge in [0.2, 0.25) is 0 Å². The highest BCUT2D eigenvalue weighted by Crippen LogP contribution is 2.21. The van der Waals surface area contributed by atoms with Gasteiger partial charge in [-0.3, -0.25) is 10.1 Å². The van der Waals surface area contributed by atoms with Crippen molar-refractivity contribution in [2.75, 3.05) is 0 Å². The molecule has 5 nitrogen and oxygen atoms in total. The third kappa shape index (κ3) is 1.91. The zero-order valence-electron chi connectivity index (χ0n) is 5.88. The van der Waals surface area contributed by atoms with E-state index in [1.54, 1.807) is 0 Å². The number of aromatic nitrogens is 1. The molecule has 0 aliphatic carbocycles. The summed E-state index contributed by atoms with van der Waals surface area (Å²) in [6, 6.07) is 2.80. The van der Waals surface area contributed by atoms with Crippen molar-refractivity contribution in [1.82, 2.24) is 0 Å². The Balaban J connectivity index is 2.89. The summed E-state index contributed by atoms with van der Waals surface area (Å²) in [6.45, 7) is 0. The molecule has 0 aromatic carbocycles. The van der Waals surface area contributed by atoms with Crippen LogP contribution in [-0.2, 0) is 0 Å². The van der Waals surface area contributed by atoms with E-state index in [1.165, 1.54) is 24.5 Å². The zero-order valence-corrected chi connectivity index (χ0v) is 7.47. The average molecular weight is 233 g/mol. The Hall–Kier alpha value is -1.17. The van der Waals surface area contributed by atoms with Gasteiger partial charge in [-0.25, -0.2) is 0 Å². The first kappa shape index (κ1) is 8.92. The molecule has 1 rings (SSSR count). The largest absolute Gasteiger partial charge is 0.619 e. The van der Waals surface area contributed by atoms with Crippen LogP contribution in [0, 0.1) is 15.3 Å². The molecule has 0 aliphatic rings. The lowest BCUT2D eigenvalue weighted by molar-refractivity contribution is -0.605. The van der Waals surface area contributed by atoms with Crippen molar-refractivity contribution >= 4 is 15.9 Å². The lowest BCUT2D eigenvalue weighted by atomic mass is 10.3. The Bertz CT molecular complexity index is 287. The fraction of sp³-hybridized carbons (Fsp3) is 0.167. The lowest BCUT2D eigenvalue weighted by Crippen LogP contribution is -2.24. The van der Waals surface area contributed by atoms with Crippen molar-refractivity contribution in [1.29, 1.82) is 0 Å². The molecule has 0 spiro atoms. The molecule has 1 aromatic rings. The van der Waals surface area contributed by atoms with Crippen LogP contribution in [-0.4, -0.2) is 4.92 Å². The molecule has 6 heteroatoms. The number of rotatable bonds is 2. The van der Waals surface area contributed by atoms with Gasteiger partial charge >= 0.3 is 0 Å². The standard InChI is InChI=1S/C6H5BrN2O3/c7-6(9(11)12)5-1-3-8(10)4-2-5/h1-4,6H. The van der Waals surface area contributed by atoms with Crippen molar-refractivity contribution in [3.05, 3.63) is 45.4 Å². The molecule has 0 saturated carbocycles. The van der Waals surface area contributed by atoms with Crippen molar-refractivity contribution in [2.45, 2.75) is 4.95 Å². The first-order valence-electron chi connectivity index (χ1n) is 3.07. The van der Waals surface area contributed by atoms with Crippen LogP contribution in [0.1, 0.15) is 10.5 Å². The number of nitro groups is 1. The summed E-state index contributed by atoms with van der Waals surface area (Å²) in [7, 11) is 0. The normalized spacial score (nSPS) is 12.4. The topological polar surface area (TPSA) is 70.1 Å². The van der Waals surface area contributed by atoms with Crippen LogP contribution in [0.3, 0.4) is 0 Å². The van der Waals surface area contributed by atoms with E-state index in [0.29, 0.717) is 10.3 Å². The van der Waals surface area contributed by atoms with E-state index in [4.69, 9.17) is 0 Å². The molecular weight excluding hydrogens is 228 g/mol. The molecule has 1 unspecified atom stereocenters. The second-order valence-corrected chi connectivity index (χ2v) is 2.98. The molecule has 1 heterocycles. The summed E-state index contributed by atoms with van der Waals surface area (Å²) in [6.07, 6.45) is 2.43. The van der Waals surface area contributed by atoms with Gasteiger partial charge in [0, 0.05) is 38.5 Å². The Kier molecular flexibility index (Phi) is 2.59. The minimum Gasteiger partial charge on any atom is -0.619 e. The highest BCUT2D eigenvalue weighted by molar-refractivity contribution is 9.09. The number of halogens is 1. The monoisotopic (exact) mass is 232 g/mol. The van der Waals surface area contributed by atoms with Gasteiger partial charge < -0.3 is 5.21 Å². The van der Waals surface area contributed by atoms with Crippen LogP contribution in [0.4, 0.5) is 0 Å². The minimum absolute atomic E-state index is 0.451. The molecule has 1 atom stereocenters. The first-order valence-corrected chi connectivity index (χ1v) is 3.99. The lowest BCUT2D eigenvalue weighted by Gasteiger charge is -2.00. The molecule has 0 radical (unpaired) electrons. The zero-order chi connectivity index (χ0) is 9.14. The molecule has 0 bridgehead atoms. The van der Waals surface area contributed by atoms with Gasteiger partial charge in [0.1, 0.15) is 0 Å². The Morgan fingerprint density at radius 3 is 2.42 bits per heavy atom. The van der Waals surface area contributed by atoms with E-state index in [1.807, 2.05) is 0 Å². The average Bonchev–Trinajstić information content (AvgIpc) is 2.04. The Morgan fingerprint density at radius 2 is 2.00 bits per heavy atom. The minimum atomic E-state index is -0.946. The summed E-state index contributed by atoms with van der Waals surface area (Å²) in [5.41, 5.74) is 0.451. The number of alkyl halides is 1. The smallest absolute Gasteiger partial charge is 0.291 e. The van der Waals surface area contributed by atoms with Crippen LogP contribution in [0.5, 0.6) is 0 Å². The number of hydrogen-bond donors (Lipinski definition) is 0. The fourth-order valence-electron chi connectivity index (χ4n) is 0.705. The summed E-state index contributed by atoms with van der Waals surface area (Å²) in [5.74, 6) is 0. The summed E-state index contributed by atoms with van der Waals surface area (Å²) >= 11 is 2.86. The number of nitrogens with zero attached hydrogens (tertiary/aromatic N) is 2. The van der Waals surface area contributed by atoms with Gasteiger partial charge in [0.25, 0.3) is 4.95 Å². The van der Waals surface area contributed by atoms with E-state index in [0.717, 1.165) is 0 Å². The third-order valence-corrected chi connectivity index (χ3v) is 2.15. The predicted molar refractivity (Wildman–Crippen MR) is 44.1 cm³/mol. The summed E-state index contributed by atoms with van der Waals surface area (Å²) < 4.78 is 0.573. The van der Waals surface area contributed by atoms with E-state index in [9.17, 15) is 15.3 Å². The highest BCUT2D eigenvalue weighted by Gasteiger charge is 2.18. The molecule has 12 heavy (non-hydrogen) atoms. The number of hydrogen-bond acceptors (Lipinski definition) is 3. The fourth-order valence-corrected chi connectivity index (χ4v) is 1.01. The van der Waals surface area contributed by atoms with Gasteiger partial charge in [-0.15, -0.1) is 0 Å². The molecule has 0 amide bonds. The molecule has 0 saturated heterocycles. The van der Waals surface area contributed by atoms with Crippen LogP contribution in [0.2, 0.25) is 0 Å². The van der Waals surface area contributed by atoms with Crippen molar-refractivity contribution in [3.63, 3.8) is 0 Å². The first-order chi connectivity index (χ1) is 5.61. The van der Waals surface area contributed by atoms with Crippen molar-refractivity contribution in [3.8, 4) is 0 Å².